The zero-order valence-electron chi connectivity index (χ0n) is 18.3. The molecular weight excluding hydrogens is 458 g/mol. The van der Waals surface area contributed by atoms with E-state index in [2.05, 4.69) is 9.71 Å². The number of furan rings is 1. The van der Waals surface area contributed by atoms with E-state index >= 15 is 0 Å². The van der Waals surface area contributed by atoms with Crippen LogP contribution < -0.4 is 20.7 Å². The quantitative estimate of drug-likeness (QED) is 0.392. The predicted octanol–water partition coefficient (Wildman–Crippen LogP) is 3.34. The topological polar surface area (TPSA) is 123 Å². The number of aromatic nitrogens is 2. The molecule has 0 fully saturated rings. The van der Waals surface area contributed by atoms with Gasteiger partial charge in [-0.05, 0) is 35.9 Å². The van der Waals surface area contributed by atoms with E-state index in [9.17, 15) is 18.0 Å². The Morgan fingerprint density at radius 3 is 2.44 bits per heavy atom. The predicted molar refractivity (Wildman–Crippen MR) is 131 cm³/mol. The van der Waals surface area contributed by atoms with Crippen molar-refractivity contribution >= 4 is 27.9 Å². The lowest BCUT2D eigenvalue weighted by Crippen LogP contribution is -2.32. The molecule has 0 amide bonds. The molecule has 0 saturated carbocycles. The first-order chi connectivity index (χ1) is 16.2. The Kier molecular flexibility index (Phi) is 6.24. The Balaban J connectivity index is 1.82. The van der Waals surface area contributed by atoms with Crippen LogP contribution in [0.2, 0.25) is 0 Å². The van der Waals surface area contributed by atoms with Crippen molar-refractivity contribution in [2.45, 2.75) is 0 Å². The number of hydrogen-bond acceptors (Lipinski definition) is 6. The van der Waals surface area contributed by atoms with Crippen LogP contribution in [0.3, 0.4) is 0 Å². The molecule has 0 unspecified atom stereocenters. The first-order valence-electron chi connectivity index (χ1n) is 10.1. The standard InChI is InChI=1S/C24H21N3O6S/c1-32-23-17(6-3-16-4-7-19(8-5-16)26-34(2,30)31)13-20(14-21(23)18-10-12-33-15-18)27-22(28)9-11-25-24(27)29/h3-15,26H,1-2H3,(H,25,29). The second-order valence-electron chi connectivity index (χ2n) is 7.41. The molecule has 9 nitrogen and oxygen atoms in total. The van der Waals surface area contributed by atoms with E-state index < -0.39 is 21.3 Å². The second kappa shape index (κ2) is 9.28. The van der Waals surface area contributed by atoms with Gasteiger partial charge in [0.15, 0.2) is 0 Å². The summed E-state index contributed by atoms with van der Waals surface area (Å²) in [5, 5.41) is 0. The molecule has 0 aliphatic carbocycles. The third kappa shape index (κ3) is 5.02. The second-order valence-corrected chi connectivity index (χ2v) is 9.16. The summed E-state index contributed by atoms with van der Waals surface area (Å²) < 4.78 is 37.1. The van der Waals surface area contributed by atoms with Crippen LogP contribution in [0.25, 0.3) is 29.0 Å². The maximum atomic E-state index is 12.4. The van der Waals surface area contributed by atoms with Crippen molar-refractivity contribution in [2.24, 2.45) is 0 Å². The lowest BCUT2D eigenvalue weighted by atomic mass is 10.0. The summed E-state index contributed by atoms with van der Waals surface area (Å²) >= 11 is 0. The van der Waals surface area contributed by atoms with Crippen molar-refractivity contribution in [1.29, 1.82) is 0 Å². The highest BCUT2D eigenvalue weighted by molar-refractivity contribution is 7.92. The molecule has 4 rings (SSSR count). The molecule has 34 heavy (non-hydrogen) atoms. The van der Waals surface area contributed by atoms with Gasteiger partial charge in [-0.3, -0.25) is 9.52 Å². The largest absolute Gasteiger partial charge is 0.495 e. The number of benzene rings is 2. The summed E-state index contributed by atoms with van der Waals surface area (Å²) in [4.78, 5) is 27.4. The van der Waals surface area contributed by atoms with Crippen LogP contribution in [0.5, 0.6) is 5.75 Å². The molecule has 0 spiro atoms. The fourth-order valence-corrected chi connectivity index (χ4v) is 4.04. The number of anilines is 1. The van der Waals surface area contributed by atoms with Crippen molar-refractivity contribution in [3.8, 4) is 22.6 Å². The van der Waals surface area contributed by atoms with Gasteiger partial charge in [-0.2, -0.15) is 0 Å². The molecule has 2 heterocycles. The summed E-state index contributed by atoms with van der Waals surface area (Å²) in [6, 6.07) is 13.2. The zero-order valence-corrected chi connectivity index (χ0v) is 19.1. The van der Waals surface area contributed by atoms with E-state index in [1.54, 1.807) is 54.8 Å². The van der Waals surface area contributed by atoms with Gasteiger partial charge in [0, 0.05) is 34.6 Å². The minimum atomic E-state index is -3.37. The molecule has 0 saturated heterocycles. The molecule has 10 heteroatoms. The van der Waals surface area contributed by atoms with Crippen molar-refractivity contribution in [2.75, 3.05) is 18.1 Å². The number of ether oxygens (including phenoxy) is 1. The third-order valence-corrected chi connectivity index (χ3v) is 5.53. The Morgan fingerprint density at radius 1 is 1.06 bits per heavy atom. The Labute approximate surface area is 195 Å². The Hall–Kier alpha value is -4.31. The van der Waals surface area contributed by atoms with Gasteiger partial charge in [0.25, 0.3) is 5.56 Å². The molecule has 2 aromatic heterocycles. The van der Waals surface area contributed by atoms with Gasteiger partial charge >= 0.3 is 5.69 Å². The average Bonchev–Trinajstić information content (AvgIpc) is 3.32. The molecule has 0 aliphatic rings. The number of nitrogens with zero attached hydrogens (tertiary/aromatic N) is 1. The number of rotatable bonds is 7. The average molecular weight is 480 g/mol. The molecule has 2 aromatic carbocycles. The summed E-state index contributed by atoms with van der Waals surface area (Å²) in [7, 11) is -1.84. The van der Waals surface area contributed by atoms with Gasteiger partial charge in [-0.25, -0.2) is 17.8 Å². The Morgan fingerprint density at radius 2 is 1.82 bits per heavy atom. The lowest BCUT2D eigenvalue weighted by molar-refractivity contribution is 0.415. The summed E-state index contributed by atoms with van der Waals surface area (Å²) in [5.74, 6) is 0.525. The van der Waals surface area contributed by atoms with Gasteiger partial charge in [-0.15, -0.1) is 0 Å². The monoisotopic (exact) mass is 479 g/mol. The van der Waals surface area contributed by atoms with Crippen molar-refractivity contribution in [3.05, 3.63) is 99.2 Å². The van der Waals surface area contributed by atoms with Crippen molar-refractivity contribution in [3.63, 3.8) is 0 Å². The minimum Gasteiger partial charge on any atom is -0.495 e. The summed E-state index contributed by atoms with van der Waals surface area (Å²) in [6.07, 6.45) is 9.03. The number of sulfonamides is 1. The van der Waals surface area contributed by atoms with Gasteiger partial charge in [-0.1, -0.05) is 24.3 Å². The molecule has 2 N–H and O–H groups in total. The van der Waals surface area contributed by atoms with Crippen molar-refractivity contribution in [1.82, 2.24) is 9.55 Å². The SMILES string of the molecule is COc1c(C=Cc2ccc(NS(C)(=O)=O)cc2)cc(-n2c(=O)cc[nH]c2=O)cc1-c1ccoc1. The zero-order chi connectivity index (χ0) is 24.3. The maximum absolute atomic E-state index is 12.4. The lowest BCUT2D eigenvalue weighted by Gasteiger charge is -2.14. The van der Waals surface area contributed by atoms with Crippen LogP contribution in [0, 0.1) is 0 Å². The number of aromatic amines is 1. The third-order valence-electron chi connectivity index (χ3n) is 4.92. The molecule has 0 atom stereocenters. The highest BCUT2D eigenvalue weighted by atomic mass is 32.2. The van der Waals surface area contributed by atoms with Crippen LogP contribution in [-0.2, 0) is 10.0 Å². The minimum absolute atomic E-state index is 0.358. The molecule has 174 valence electrons. The first-order valence-corrected chi connectivity index (χ1v) is 12.0. The smallest absolute Gasteiger partial charge is 0.332 e. The number of hydrogen-bond donors (Lipinski definition) is 2. The normalized spacial score (nSPS) is 11.6. The fourth-order valence-electron chi connectivity index (χ4n) is 3.48. The van der Waals surface area contributed by atoms with Gasteiger partial charge in [0.05, 0.1) is 31.6 Å². The van der Waals surface area contributed by atoms with Gasteiger partial charge < -0.3 is 14.1 Å². The molecule has 0 bridgehead atoms. The fraction of sp³-hybridized carbons (Fsp3) is 0.0833. The number of H-pyrrole nitrogens is 1. The van der Waals surface area contributed by atoms with Crippen LogP contribution in [0.15, 0.2) is 81.3 Å². The molecule has 0 radical (unpaired) electrons. The number of methoxy groups -OCH3 is 1. The van der Waals surface area contributed by atoms with E-state index in [0.717, 1.165) is 16.4 Å². The van der Waals surface area contributed by atoms with Crippen LogP contribution in [0.4, 0.5) is 5.69 Å². The molecular formula is C24H21N3O6S. The highest BCUT2D eigenvalue weighted by Gasteiger charge is 2.16. The summed E-state index contributed by atoms with van der Waals surface area (Å²) in [6.45, 7) is 0. The van der Waals surface area contributed by atoms with E-state index in [1.165, 1.54) is 25.6 Å². The van der Waals surface area contributed by atoms with Gasteiger partial charge in [0.2, 0.25) is 10.0 Å². The van der Waals surface area contributed by atoms with Crippen LogP contribution >= 0.6 is 0 Å². The maximum Gasteiger partial charge on any atom is 0.332 e. The van der Waals surface area contributed by atoms with Crippen LogP contribution in [0.1, 0.15) is 11.1 Å². The van der Waals surface area contributed by atoms with E-state index in [1.807, 2.05) is 6.08 Å². The van der Waals surface area contributed by atoms with E-state index in [0.29, 0.717) is 33.8 Å². The summed E-state index contributed by atoms with van der Waals surface area (Å²) in [5.41, 5.74) is 2.52. The van der Waals surface area contributed by atoms with Crippen molar-refractivity contribution < 1.29 is 17.6 Å². The first kappa shape index (κ1) is 22.9. The molecule has 4 aromatic rings. The number of nitrogens with one attached hydrogen (secondary N) is 2. The van der Waals surface area contributed by atoms with E-state index in [-0.39, 0.29) is 0 Å². The highest BCUT2D eigenvalue weighted by Crippen LogP contribution is 2.36. The molecule has 0 aliphatic heterocycles. The Bertz CT molecular complexity index is 1540. The van der Waals surface area contributed by atoms with Crippen LogP contribution in [-0.4, -0.2) is 31.3 Å². The van der Waals surface area contributed by atoms with E-state index in [4.69, 9.17) is 9.15 Å². The van der Waals surface area contributed by atoms with Gasteiger partial charge in [0.1, 0.15) is 5.75 Å².